The molecule has 1 aliphatic heterocycles. The van der Waals surface area contributed by atoms with Crippen molar-refractivity contribution in [1.29, 1.82) is 0 Å². The Morgan fingerprint density at radius 1 is 1.60 bits per heavy atom. The minimum Gasteiger partial charge on any atom is -0.476 e. The van der Waals surface area contributed by atoms with E-state index in [4.69, 9.17) is 9.84 Å². The summed E-state index contributed by atoms with van der Waals surface area (Å²) in [5, 5.41) is 8.71. The highest BCUT2D eigenvalue weighted by Gasteiger charge is 2.29. The van der Waals surface area contributed by atoms with Crippen molar-refractivity contribution in [2.75, 3.05) is 6.61 Å². The molecule has 0 saturated heterocycles. The fourth-order valence-corrected chi connectivity index (χ4v) is 1.57. The maximum atomic E-state index is 12.6. The van der Waals surface area contributed by atoms with Gasteiger partial charge < -0.3 is 14.4 Å². The third-order valence-corrected chi connectivity index (χ3v) is 2.19. The van der Waals surface area contributed by atoms with Gasteiger partial charge >= 0.3 is 5.97 Å². The van der Waals surface area contributed by atoms with Crippen LogP contribution in [0.4, 0.5) is 8.78 Å². The van der Waals surface area contributed by atoms with E-state index in [-0.39, 0.29) is 19.0 Å². The molecule has 0 spiro atoms. The minimum absolute atomic E-state index is 0.0764. The molecule has 0 radical (unpaired) electrons. The number of aromatic carboxylic acids is 1. The van der Waals surface area contributed by atoms with Crippen molar-refractivity contribution in [3.63, 3.8) is 0 Å². The van der Waals surface area contributed by atoms with Crippen LogP contribution in [0.15, 0.2) is 0 Å². The van der Waals surface area contributed by atoms with E-state index in [0.29, 0.717) is 6.61 Å². The lowest BCUT2D eigenvalue weighted by atomic mass is 10.3. The molecule has 82 valence electrons. The number of carbonyl (C=O) groups is 1. The topological polar surface area (TPSA) is 64.3 Å². The van der Waals surface area contributed by atoms with Gasteiger partial charge in [-0.15, -0.1) is 0 Å². The molecule has 7 heteroatoms. The first kappa shape index (κ1) is 10.0. The molecule has 1 aliphatic rings. The Labute approximate surface area is 83.3 Å². The summed E-state index contributed by atoms with van der Waals surface area (Å²) in [7, 11) is 0. The molecule has 15 heavy (non-hydrogen) atoms. The number of hydrogen-bond acceptors (Lipinski definition) is 3. The third-order valence-electron chi connectivity index (χ3n) is 2.19. The van der Waals surface area contributed by atoms with Gasteiger partial charge in [0.15, 0.2) is 5.69 Å². The highest BCUT2D eigenvalue weighted by Crippen LogP contribution is 2.26. The number of nitrogens with zero attached hydrogens (tertiary/aromatic N) is 2. The van der Waals surface area contributed by atoms with Gasteiger partial charge in [-0.25, -0.2) is 18.6 Å². The molecule has 0 saturated carbocycles. The van der Waals surface area contributed by atoms with Crippen molar-refractivity contribution in [3.05, 3.63) is 17.2 Å². The van der Waals surface area contributed by atoms with E-state index >= 15 is 0 Å². The summed E-state index contributed by atoms with van der Waals surface area (Å²) in [6.45, 7) is 0.588. The zero-order valence-corrected chi connectivity index (χ0v) is 7.61. The van der Waals surface area contributed by atoms with Crippen molar-refractivity contribution in [1.82, 2.24) is 9.55 Å². The summed E-state index contributed by atoms with van der Waals surface area (Å²) in [5.41, 5.74) is -1.11. The molecule has 0 unspecified atom stereocenters. The van der Waals surface area contributed by atoms with Gasteiger partial charge in [-0.05, 0) is 0 Å². The molecule has 1 N–H and O–H groups in total. The minimum atomic E-state index is -2.84. The molecule has 0 aromatic carbocycles. The Kier molecular flexibility index (Phi) is 2.39. The van der Waals surface area contributed by atoms with E-state index in [1.165, 1.54) is 4.57 Å². The average Bonchev–Trinajstić information content (AvgIpc) is 2.56. The summed E-state index contributed by atoms with van der Waals surface area (Å²) in [6.07, 6.45) is -2.84. The fourth-order valence-electron chi connectivity index (χ4n) is 1.57. The van der Waals surface area contributed by atoms with Crippen LogP contribution in [-0.2, 0) is 17.9 Å². The van der Waals surface area contributed by atoms with Crippen LogP contribution in [-0.4, -0.2) is 27.2 Å². The summed E-state index contributed by atoms with van der Waals surface area (Å²) in [6, 6.07) is 0. The van der Waals surface area contributed by atoms with Crippen LogP contribution in [0, 0.1) is 0 Å². The molecule has 1 aromatic rings. The Morgan fingerprint density at radius 2 is 2.33 bits per heavy atom. The second-order valence-electron chi connectivity index (χ2n) is 3.07. The van der Waals surface area contributed by atoms with Gasteiger partial charge in [0, 0.05) is 6.54 Å². The molecule has 0 amide bonds. The third kappa shape index (κ3) is 1.58. The van der Waals surface area contributed by atoms with Crippen molar-refractivity contribution in [2.45, 2.75) is 19.6 Å². The molecule has 1 aromatic heterocycles. The van der Waals surface area contributed by atoms with Gasteiger partial charge in [-0.1, -0.05) is 0 Å². The average molecular weight is 218 g/mol. The van der Waals surface area contributed by atoms with E-state index in [0.717, 1.165) is 0 Å². The van der Waals surface area contributed by atoms with Crippen LogP contribution in [0.25, 0.3) is 0 Å². The molecule has 0 fully saturated rings. The zero-order chi connectivity index (χ0) is 11.0. The van der Waals surface area contributed by atoms with Gasteiger partial charge in [-0.3, -0.25) is 0 Å². The van der Waals surface area contributed by atoms with E-state index in [9.17, 15) is 13.6 Å². The predicted molar refractivity (Wildman–Crippen MR) is 43.8 cm³/mol. The Bertz CT molecular complexity index is 403. The van der Waals surface area contributed by atoms with E-state index in [1.807, 2.05) is 0 Å². The molecule has 2 rings (SSSR count). The zero-order valence-electron chi connectivity index (χ0n) is 7.61. The smallest absolute Gasteiger partial charge is 0.356 e. The molecule has 5 nitrogen and oxygen atoms in total. The van der Waals surface area contributed by atoms with Crippen LogP contribution in [0.3, 0.4) is 0 Å². The molecule has 0 bridgehead atoms. The number of carboxylic acids is 1. The van der Waals surface area contributed by atoms with Crippen molar-refractivity contribution in [2.24, 2.45) is 0 Å². The highest BCUT2D eigenvalue weighted by molar-refractivity contribution is 5.87. The van der Waals surface area contributed by atoms with Crippen LogP contribution in [0.5, 0.6) is 0 Å². The normalized spacial score (nSPS) is 15.4. The Hall–Kier alpha value is -1.50. The molecule has 0 atom stereocenters. The number of alkyl halides is 2. The van der Waals surface area contributed by atoms with E-state index in [2.05, 4.69) is 4.98 Å². The van der Waals surface area contributed by atoms with Crippen LogP contribution < -0.4 is 0 Å². The molecule has 2 heterocycles. The first-order valence-electron chi connectivity index (χ1n) is 4.29. The van der Waals surface area contributed by atoms with Crippen molar-refractivity contribution >= 4 is 5.97 Å². The van der Waals surface area contributed by atoms with Crippen LogP contribution in [0.2, 0.25) is 0 Å². The number of fused-ring (bicyclic) bond motifs is 1. The maximum Gasteiger partial charge on any atom is 0.356 e. The predicted octanol–water partition coefficient (Wildman–Crippen LogP) is 1.05. The number of halogens is 2. The van der Waals surface area contributed by atoms with E-state index < -0.39 is 23.8 Å². The summed E-state index contributed by atoms with van der Waals surface area (Å²) < 4.78 is 31.5. The SMILES string of the molecule is O=C(O)c1nc2n(c1C(F)F)CCOC2. The monoisotopic (exact) mass is 218 g/mol. The maximum absolute atomic E-state index is 12.6. The standard InChI is InChI=1S/C8H8F2N2O3/c9-7(10)6-5(8(13)14)11-4-3-15-2-1-12(4)6/h7H,1-3H2,(H,13,14). The Morgan fingerprint density at radius 3 is 2.93 bits per heavy atom. The first-order valence-corrected chi connectivity index (χ1v) is 4.29. The number of hydrogen-bond donors (Lipinski definition) is 1. The number of carboxylic acid groups (broad SMARTS) is 1. The van der Waals surface area contributed by atoms with Crippen LogP contribution in [0.1, 0.15) is 28.4 Å². The van der Waals surface area contributed by atoms with Crippen molar-refractivity contribution < 1.29 is 23.4 Å². The summed E-state index contributed by atoms with van der Waals surface area (Å²) in [4.78, 5) is 14.3. The quantitative estimate of drug-likeness (QED) is 0.805. The Balaban J connectivity index is 2.56. The van der Waals surface area contributed by atoms with Gasteiger partial charge in [0.2, 0.25) is 0 Å². The number of aromatic nitrogens is 2. The van der Waals surface area contributed by atoms with Gasteiger partial charge in [-0.2, -0.15) is 0 Å². The van der Waals surface area contributed by atoms with Gasteiger partial charge in [0.1, 0.15) is 18.1 Å². The van der Waals surface area contributed by atoms with Gasteiger partial charge in [0.05, 0.1) is 6.61 Å². The lowest BCUT2D eigenvalue weighted by Gasteiger charge is -2.16. The fraction of sp³-hybridized carbons (Fsp3) is 0.500. The molecular weight excluding hydrogens is 210 g/mol. The van der Waals surface area contributed by atoms with E-state index in [1.54, 1.807) is 0 Å². The van der Waals surface area contributed by atoms with Crippen LogP contribution >= 0.6 is 0 Å². The van der Waals surface area contributed by atoms with Gasteiger partial charge in [0.25, 0.3) is 6.43 Å². The first-order chi connectivity index (χ1) is 7.11. The summed E-state index contributed by atoms with van der Waals surface area (Å²) in [5.74, 6) is -1.19. The molecular formula is C8H8F2N2O3. The largest absolute Gasteiger partial charge is 0.476 e. The lowest BCUT2D eigenvalue weighted by molar-refractivity contribution is 0.0667. The van der Waals surface area contributed by atoms with Crippen molar-refractivity contribution in [3.8, 4) is 0 Å². The lowest BCUT2D eigenvalue weighted by Crippen LogP contribution is -2.19. The second kappa shape index (κ2) is 3.58. The number of ether oxygens (including phenoxy) is 1. The molecule has 0 aliphatic carbocycles. The highest BCUT2D eigenvalue weighted by atomic mass is 19.3. The summed E-state index contributed by atoms with van der Waals surface area (Å²) >= 11 is 0. The number of imidazole rings is 1. The number of rotatable bonds is 2. The second-order valence-corrected chi connectivity index (χ2v) is 3.07.